The van der Waals surface area contributed by atoms with Crippen LogP contribution >= 0.6 is 11.3 Å². The molecule has 0 amide bonds. The Balaban J connectivity index is 1.93. The number of benzene rings is 1. The molecule has 1 atom stereocenters. The molecular weight excluding hydrogens is 280 g/mol. The van der Waals surface area contributed by atoms with Crippen molar-refractivity contribution in [3.63, 3.8) is 0 Å². The molecule has 0 aliphatic rings. The van der Waals surface area contributed by atoms with Crippen LogP contribution in [0.25, 0.3) is 10.1 Å². The lowest BCUT2D eigenvalue weighted by molar-refractivity contribution is 0.534. The van der Waals surface area contributed by atoms with Gasteiger partial charge in [-0.25, -0.2) is 0 Å². The first-order valence-corrected chi connectivity index (χ1v) is 8.05. The van der Waals surface area contributed by atoms with E-state index in [2.05, 4.69) is 53.2 Å². The molecule has 0 spiro atoms. The van der Waals surface area contributed by atoms with Crippen LogP contribution in [-0.2, 0) is 19.9 Å². The van der Waals surface area contributed by atoms with Crippen LogP contribution in [0.1, 0.15) is 29.9 Å². The topological polar surface area (TPSA) is 55.9 Å². The number of aryl methyl sites for hydroxylation is 2. The summed E-state index contributed by atoms with van der Waals surface area (Å²) in [6, 6.07) is 10.7. The summed E-state index contributed by atoms with van der Waals surface area (Å²) >= 11 is 1.76. The normalized spacial score (nSPS) is 12.9. The molecule has 5 heteroatoms. The average Bonchev–Trinajstić information content (AvgIpc) is 3.08. The van der Waals surface area contributed by atoms with Crippen LogP contribution in [0, 0.1) is 0 Å². The number of nitrogens with two attached hydrogens (primary N) is 1. The third-order valence-electron chi connectivity index (χ3n) is 3.89. The Labute approximate surface area is 128 Å². The summed E-state index contributed by atoms with van der Waals surface area (Å²) in [6.07, 6.45) is 1.79. The highest BCUT2D eigenvalue weighted by Gasteiger charge is 2.17. The molecule has 110 valence electrons. The van der Waals surface area contributed by atoms with E-state index < -0.39 is 0 Å². The number of hydrogen-bond donors (Lipinski definition) is 2. The zero-order chi connectivity index (χ0) is 14.8. The maximum absolute atomic E-state index is 5.82. The summed E-state index contributed by atoms with van der Waals surface area (Å²) in [7, 11) is 1.99. The third kappa shape index (κ3) is 2.72. The van der Waals surface area contributed by atoms with E-state index in [0.717, 1.165) is 18.5 Å². The minimum absolute atomic E-state index is 0.0984. The zero-order valence-corrected chi connectivity index (χ0v) is 13.2. The number of nitrogens with one attached hydrogen (secondary N) is 1. The van der Waals surface area contributed by atoms with Gasteiger partial charge in [-0.15, -0.1) is 11.3 Å². The first-order chi connectivity index (χ1) is 10.2. The monoisotopic (exact) mass is 300 g/mol. The van der Waals surface area contributed by atoms with Gasteiger partial charge in [0.25, 0.3) is 0 Å². The van der Waals surface area contributed by atoms with Crippen molar-refractivity contribution in [3.05, 3.63) is 52.7 Å². The largest absolute Gasteiger partial charge is 0.272 e. The summed E-state index contributed by atoms with van der Waals surface area (Å²) in [5, 5.41) is 7.99. The maximum atomic E-state index is 5.82. The number of fused-ring (bicyclic) bond motifs is 1. The number of hydrazine groups is 1. The molecule has 1 unspecified atom stereocenters. The number of hydrogen-bond acceptors (Lipinski definition) is 4. The number of nitrogens with zero attached hydrogens (tertiary/aromatic N) is 2. The molecule has 1 aromatic carbocycles. The third-order valence-corrected chi connectivity index (χ3v) is 4.87. The molecule has 0 fully saturated rings. The lowest BCUT2D eigenvalue weighted by Gasteiger charge is -2.15. The molecule has 0 bridgehead atoms. The van der Waals surface area contributed by atoms with Crippen molar-refractivity contribution in [1.82, 2.24) is 15.2 Å². The van der Waals surface area contributed by atoms with Crippen LogP contribution in [-0.4, -0.2) is 9.78 Å². The van der Waals surface area contributed by atoms with E-state index in [0.29, 0.717) is 0 Å². The second-order valence-electron chi connectivity index (χ2n) is 5.21. The Morgan fingerprint density at radius 3 is 2.90 bits per heavy atom. The van der Waals surface area contributed by atoms with Crippen molar-refractivity contribution in [1.29, 1.82) is 0 Å². The molecule has 4 nitrogen and oxygen atoms in total. The molecule has 0 saturated heterocycles. The molecule has 21 heavy (non-hydrogen) atoms. The predicted octanol–water partition coefficient (Wildman–Crippen LogP) is 2.94. The van der Waals surface area contributed by atoms with E-state index in [4.69, 9.17) is 5.84 Å². The molecule has 0 radical (unpaired) electrons. The molecule has 0 aliphatic heterocycles. The molecular formula is C16H20N4S. The summed E-state index contributed by atoms with van der Waals surface area (Å²) in [5.41, 5.74) is 6.55. The van der Waals surface area contributed by atoms with Gasteiger partial charge in [-0.05, 0) is 34.9 Å². The van der Waals surface area contributed by atoms with Gasteiger partial charge < -0.3 is 0 Å². The van der Waals surface area contributed by atoms with Crippen molar-refractivity contribution in [2.45, 2.75) is 25.8 Å². The van der Waals surface area contributed by atoms with Crippen molar-refractivity contribution < 1.29 is 0 Å². The summed E-state index contributed by atoms with van der Waals surface area (Å²) in [4.78, 5) is 0. The standard InChI is InChI=1S/C16H20N4S/c1-3-11-8-12(20(2)19-11)9-15(18-17)14-10-21-16-7-5-4-6-13(14)16/h4-8,10,15,18H,3,9,17H2,1-2H3. The first-order valence-electron chi connectivity index (χ1n) is 7.17. The summed E-state index contributed by atoms with van der Waals surface area (Å²) < 4.78 is 3.25. The quantitative estimate of drug-likeness (QED) is 0.562. The van der Waals surface area contributed by atoms with E-state index in [1.54, 1.807) is 11.3 Å². The Morgan fingerprint density at radius 2 is 2.19 bits per heavy atom. The number of rotatable bonds is 5. The molecule has 0 saturated carbocycles. The van der Waals surface area contributed by atoms with E-state index in [-0.39, 0.29) is 6.04 Å². The summed E-state index contributed by atoms with van der Waals surface area (Å²) in [5.74, 6) is 5.82. The molecule has 0 aliphatic carbocycles. The van der Waals surface area contributed by atoms with E-state index in [1.165, 1.54) is 21.3 Å². The molecule has 2 heterocycles. The van der Waals surface area contributed by atoms with Gasteiger partial charge in [0, 0.05) is 23.9 Å². The van der Waals surface area contributed by atoms with Crippen LogP contribution < -0.4 is 11.3 Å². The van der Waals surface area contributed by atoms with Crippen LogP contribution in [0.5, 0.6) is 0 Å². The molecule has 3 aromatic rings. The fraction of sp³-hybridized carbons (Fsp3) is 0.312. The van der Waals surface area contributed by atoms with Crippen LogP contribution in [0.3, 0.4) is 0 Å². The Hall–Kier alpha value is -1.69. The second kappa shape index (κ2) is 5.97. The van der Waals surface area contributed by atoms with Crippen LogP contribution in [0.15, 0.2) is 35.7 Å². The average molecular weight is 300 g/mol. The number of thiophene rings is 1. The minimum atomic E-state index is 0.0984. The minimum Gasteiger partial charge on any atom is -0.272 e. The molecule has 2 aromatic heterocycles. The fourth-order valence-electron chi connectivity index (χ4n) is 2.67. The van der Waals surface area contributed by atoms with Gasteiger partial charge in [0.15, 0.2) is 0 Å². The van der Waals surface area contributed by atoms with Crippen molar-refractivity contribution in [2.24, 2.45) is 12.9 Å². The van der Waals surface area contributed by atoms with Gasteiger partial charge in [-0.3, -0.25) is 16.0 Å². The zero-order valence-electron chi connectivity index (χ0n) is 12.3. The smallest absolute Gasteiger partial charge is 0.0624 e. The highest BCUT2D eigenvalue weighted by atomic mass is 32.1. The highest BCUT2D eigenvalue weighted by Crippen LogP contribution is 2.31. The van der Waals surface area contributed by atoms with Gasteiger partial charge in [0.1, 0.15) is 0 Å². The highest BCUT2D eigenvalue weighted by molar-refractivity contribution is 7.17. The fourth-order valence-corrected chi connectivity index (χ4v) is 3.69. The SMILES string of the molecule is CCc1cc(CC(NN)c2csc3ccccc23)n(C)n1. The lowest BCUT2D eigenvalue weighted by atomic mass is 10.0. The van der Waals surface area contributed by atoms with Crippen molar-refractivity contribution in [3.8, 4) is 0 Å². The lowest BCUT2D eigenvalue weighted by Crippen LogP contribution is -2.30. The molecule has 3 N–H and O–H groups in total. The van der Waals surface area contributed by atoms with Gasteiger partial charge in [0.05, 0.1) is 11.7 Å². The first kappa shape index (κ1) is 14.3. The van der Waals surface area contributed by atoms with Gasteiger partial charge in [-0.1, -0.05) is 25.1 Å². The Kier molecular flexibility index (Phi) is 4.05. The Bertz CT molecular complexity index is 744. The van der Waals surface area contributed by atoms with Crippen LogP contribution in [0.2, 0.25) is 0 Å². The second-order valence-corrected chi connectivity index (χ2v) is 6.13. The van der Waals surface area contributed by atoms with E-state index in [1.807, 2.05) is 11.7 Å². The molecule has 3 rings (SSSR count). The van der Waals surface area contributed by atoms with Crippen LogP contribution in [0.4, 0.5) is 0 Å². The van der Waals surface area contributed by atoms with E-state index in [9.17, 15) is 0 Å². The maximum Gasteiger partial charge on any atom is 0.0624 e. The van der Waals surface area contributed by atoms with Gasteiger partial charge in [-0.2, -0.15) is 5.10 Å². The van der Waals surface area contributed by atoms with Gasteiger partial charge in [0.2, 0.25) is 0 Å². The van der Waals surface area contributed by atoms with E-state index >= 15 is 0 Å². The van der Waals surface area contributed by atoms with Crippen molar-refractivity contribution >= 4 is 21.4 Å². The van der Waals surface area contributed by atoms with Crippen molar-refractivity contribution in [2.75, 3.05) is 0 Å². The predicted molar refractivity (Wildman–Crippen MR) is 88.2 cm³/mol. The van der Waals surface area contributed by atoms with Gasteiger partial charge >= 0.3 is 0 Å². The summed E-state index contributed by atoms with van der Waals surface area (Å²) in [6.45, 7) is 2.12. The number of aromatic nitrogens is 2. The Morgan fingerprint density at radius 1 is 1.38 bits per heavy atom.